The minimum absolute atomic E-state index is 0.386. The first kappa shape index (κ1) is 15.6. The van der Waals surface area contributed by atoms with E-state index in [0.29, 0.717) is 29.5 Å². The van der Waals surface area contributed by atoms with Crippen LogP contribution in [-0.2, 0) is 6.61 Å². The van der Waals surface area contributed by atoms with Crippen molar-refractivity contribution in [2.75, 3.05) is 7.11 Å². The number of aromatic nitrogens is 3. The Labute approximate surface area is 138 Å². The van der Waals surface area contributed by atoms with E-state index >= 15 is 0 Å². The van der Waals surface area contributed by atoms with Crippen LogP contribution in [0.2, 0.25) is 0 Å². The maximum atomic E-state index is 8.75. The third kappa shape index (κ3) is 3.91. The van der Waals surface area contributed by atoms with E-state index < -0.39 is 0 Å². The Morgan fingerprint density at radius 2 is 1.91 bits per heavy atom. The molecule has 0 aliphatic heterocycles. The topological polar surface area (TPSA) is 77.4 Å². The standard InChI is InChI=1S/C15H13BN3O3S/c1-21-13-7-6-12-15(19-13)17-8-14(18-12)22-9-10-2-4-11(5-3-10)23-16-20/h2-8,20H,9H2,1H3. The number of nitrogens with zero attached hydrogens (tertiary/aromatic N) is 3. The smallest absolute Gasteiger partial charge is 0.374 e. The van der Waals surface area contributed by atoms with E-state index in [0.717, 1.165) is 17.2 Å². The molecule has 3 rings (SSSR count). The fraction of sp³-hybridized carbons (Fsp3) is 0.133. The van der Waals surface area contributed by atoms with Crippen LogP contribution < -0.4 is 9.47 Å². The fourth-order valence-electron chi connectivity index (χ4n) is 1.94. The molecule has 0 saturated carbocycles. The molecule has 0 fully saturated rings. The van der Waals surface area contributed by atoms with Crippen molar-refractivity contribution in [3.05, 3.63) is 48.2 Å². The summed E-state index contributed by atoms with van der Waals surface area (Å²) in [6, 6.07) is 11.2. The minimum Gasteiger partial charge on any atom is -0.481 e. The van der Waals surface area contributed by atoms with Crippen molar-refractivity contribution in [2.45, 2.75) is 11.5 Å². The highest BCUT2D eigenvalue weighted by Crippen LogP contribution is 2.18. The van der Waals surface area contributed by atoms with Crippen molar-refractivity contribution < 1.29 is 14.5 Å². The number of pyridine rings is 1. The Morgan fingerprint density at radius 3 is 2.65 bits per heavy atom. The summed E-state index contributed by atoms with van der Waals surface area (Å²) in [5, 5.41) is 8.75. The lowest BCUT2D eigenvalue weighted by molar-refractivity contribution is 0.293. The number of hydrogen-bond donors (Lipinski definition) is 1. The molecule has 1 aromatic carbocycles. The number of hydrogen-bond acceptors (Lipinski definition) is 7. The van der Waals surface area contributed by atoms with Crippen LogP contribution in [0.15, 0.2) is 47.5 Å². The highest BCUT2D eigenvalue weighted by molar-refractivity contribution is 8.21. The summed E-state index contributed by atoms with van der Waals surface area (Å²) in [4.78, 5) is 13.8. The minimum atomic E-state index is 0.386. The Bertz CT molecular complexity index is 802. The second kappa shape index (κ2) is 7.30. The van der Waals surface area contributed by atoms with Gasteiger partial charge >= 0.3 is 6.76 Å². The highest BCUT2D eigenvalue weighted by atomic mass is 32.2. The number of ether oxygens (including phenoxy) is 2. The molecule has 0 saturated heterocycles. The predicted octanol–water partition coefficient (Wildman–Crippen LogP) is 2.23. The van der Waals surface area contributed by atoms with Gasteiger partial charge < -0.3 is 14.5 Å². The quantitative estimate of drug-likeness (QED) is 0.696. The van der Waals surface area contributed by atoms with Crippen LogP contribution in [0.4, 0.5) is 0 Å². The highest BCUT2D eigenvalue weighted by Gasteiger charge is 2.04. The summed E-state index contributed by atoms with van der Waals surface area (Å²) < 4.78 is 10.7. The molecule has 1 N–H and O–H groups in total. The summed E-state index contributed by atoms with van der Waals surface area (Å²) in [6.07, 6.45) is 1.54. The van der Waals surface area contributed by atoms with Crippen LogP contribution in [-0.4, -0.2) is 33.8 Å². The molecule has 0 aliphatic carbocycles. The Balaban J connectivity index is 1.69. The van der Waals surface area contributed by atoms with Gasteiger partial charge in [0.1, 0.15) is 12.1 Å². The molecule has 0 atom stereocenters. The number of benzene rings is 1. The lowest BCUT2D eigenvalue weighted by Crippen LogP contribution is -1.99. The van der Waals surface area contributed by atoms with E-state index in [1.165, 1.54) is 11.6 Å². The van der Waals surface area contributed by atoms with Gasteiger partial charge in [-0.15, -0.1) is 11.6 Å². The van der Waals surface area contributed by atoms with Crippen molar-refractivity contribution in [3.63, 3.8) is 0 Å². The lowest BCUT2D eigenvalue weighted by atomic mass is 10.2. The number of rotatable bonds is 6. The molecule has 1 radical (unpaired) electrons. The Morgan fingerprint density at radius 1 is 1.09 bits per heavy atom. The monoisotopic (exact) mass is 326 g/mol. The first-order valence-corrected chi connectivity index (χ1v) is 7.68. The third-order valence-corrected chi connectivity index (χ3v) is 3.71. The van der Waals surface area contributed by atoms with E-state index in [4.69, 9.17) is 14.5 Å². The summed E-state index contributed by atoms with van der Waals surface area (Å²) in [5.41, 5.74) is 2.16. The van der Waals surface area contributed by atoms with Gasteiger partial charge in [-0.1, -0.05) is 12.1 Å². The Hall–Kier alpha value is -2.32. The van der Waals surface area contributed by atoms with Gasteiger partial charge in [0.15, 0.2) is 5.65 Å². The van der Waals surface area contributed by atoms with E-state index in [-0.39, 0.29) is 0 Å². The molecule has 0 bridgehead atoms. The maximum Gasteiger partial charge on any atom is 0.374 e. The third-order valence-electron chi connectivity index (χ3n) is 3.06. The van der Waals surface area contributed by atoms with Gasteiger partial charge in [-0.2, -0.15) is 4.98 Å². The lowest BCUT2D eigenvalue weighted by Gasteiger charge is -2.07. The van der Waals surface area contributed by atoms with Gasteiger partial charge in [0.25, 0.3) is 0 Å². The molecule has 0 aliphatic rings. The normalized spacial score (nSPS) is 10.5. The molecule has 2 aromatic heterocycles. The first-order valence-electron chi connectivity index (χ1n) is 6.80. The summed E-state index contributed by atoms with van der Waals surface area (Å²) in [6.45, 7) is 1.44. The van der Waals surface area contributed by atoms with Crippen molar-refractivity contribution >= 4 is 29.5 Å². The van der Waals surface area contributed by atoms with Crippen LogP contribution in [0.5, 0.6) is 11.8 Å². The van der Waals surface area contributed by atoms with Crippen LogP contribution in [0.25, 0.3) is 11.2 Å². The second-order valence-electron chi connectivity index (χ2n) is 4.56. The average Bonchev–Trinajstić information content (AvgIpc) is 2.61. The molecule has 0 amide bonds. The zero-order valence-electron chi connectivity index (χ0n) is 12.3. The van der Waals surface area contributed by atoms with E-state index in [1.54, 1.807) is 25.4 Å². The van der Waals surface area contributed by atoms with Crippen molar-refractivity contribution in [1.29, 1.82) is 0 Å². The van der Waals surface area contributed by atoms with Crippen molar-refractivity contribution in [2.24, 2.45) is 0 Å². The van der Waals surface area contributed by atoms with Gasteiger partial charge in [-0.3, -0.25) is 0 Å². The van der Waals surface area contributed by atoms with Crippen molar-refractivity contribution in [3.8, 4) is 11.8 Å². The molecule has 0 unspecified atom stereocenters. The molecule has 23 heavy (non-hydrogen) atoms. The van der Waals surface area contributed by atoms with E-state index in [2.05, 4.69) is 15.0 Å². The van der Waals surface area contributed by atoms with Crippen molar-refractivity contribution in [1.82, 2.24) is 15.0 Å². The van der Waals surface area contributed by atoms with E-state index in [1.807, 2.05) is 24.3 Å². The van der Waals surface area contributed by atoms with Gasteiger partial charge in [-0.25, -0.2) is 9.97 Å². The zero-order valence-corrected chi connectivity index (χ0v) is 13.2. The molecule has 8 heteroatoms. The zero-order chi connectivity index (χ0) is 16.1. The maximum absolute atomic E-state index is 8.75. The molecule has 2 heterocycles. The molecular formula is C15H13BN3O3S. The average molecular weight is 326 g/mol. The van der Waals surface area contributed by atoms with Crippen LogP contribution >= 0.6 is 11.6 Å². The van der Waals surface area contributed by atoms with Crippen LogP contribution in [0.1, 0.15) is 5.56 Å². The second-order valence-corrected chi connectivity index (χ2v) is 5.48. The molecule has 3 aromatic rings. The largest absolute Gasteiger partial charge is 0.481 e. The molecule has 0 spiro atoms. The van der Waals surface area contributed by atoms with Gasteiger partial charge in [0, 0.05) is 6.07 Å². The molecule has 6 nitrogen and oxygen atoms in total. The first-order chi connectivity index (χ1) is 11.3. The SMILES string of the molecule is COc1ccc2nc(OCc3ccc(S[B]O)cc3)cnc2n1. The van der Waals surface area contributed by atoms with Gasteiger partial charge in [0.2, 0.25) is 11.8 Å². The van der Waals surface area contributed by atoms with Crippen LogP contribution in [0.3, 0.4) is 0 Å². The number of fused-ring (bicyclic) bond motifs is 1. The molecule has 115 valence electrons. The van der Waals surface area contributed by atoms with Crippen LogP contribution in [0, 0.1) is 0 Å². The summed E-state index contributed by atoms with van der Waals surface area (Å²) in [7, 11) is 1.56. The summed E-state index contributed by atoms with van der Waals surface area (Å²) >= 11 is 1.25. The Kier molecular flexibility index (Phi) is 4.94. The van der Waals surface area contributed by atoms with Gasteiger partial charge in [-0.05, 0) is 28.7 Å². The predicted molar refractivity (Wildman–Crippen MR) is 88.5 cm³/mol. The van der Waals surface area contributed by atoms with E-state index in [9.17, 15) is 0 Å². The molecular weight excluding hydrogens is 313 g/mol. The fourth-order valence-corrected chi connectivity index (χ4v) is 2.35. The number of methoxy groups -OCH3 is 1. The van der Waals surface area contributed by atoms with Gasteiger partial charge in [0.05, 0.1) is 13.3 Å². The summed E-state index contributed by atoms with van der Waals surface area (Å²) in [5.74, 6) is 0.935.